The summed E-state index contributed by atoms with van der Waals surface area (Å²) in [6.07, 6.45) is 2.08. The van der Waals surface area contributed by atoms with Gasteiger partial charge in [0.2, 0.25) is 0 Å². The minimum atomic E-state index is -0.0745. The predicted octanol–water partition coefficient (Wildman–Crippen LogP) is 8.99. The number of thiophene rings is 1. The molecule has 9 heteroatoms. The van der Waals surface area contributed by atoms with Gasteiger partial charge in [0.15, 0.2) is 5.82 Å². The molecule has 2 fully saturated rings. The van der Waals surface area contributed by atoms with Crippen molar-refractivity contribution < 1.29 is 5.11 Å². The van der Waals surface area contributed by atoms with Crippen LogP contribution in [0.4, 0.5) is 11.4 Å². The third-order valence-electron chi connectivity index (χ3n) is 13.1. The molecule has 0 amide bonds. The summed E-state index contributed by atoms with van der Waals surface area (Å²) < 4.78 is 2.21. The van der Waals surface area contributed by atoms with Crippen LogP contribution in [-0.2, 0) is 6.42 Å². The zero-order valence-electron chi connectivity index (χ0n) is 33.4. The summed E-state index contributed by atoms with van der Waals surface area (Å²) in [5, 5.41) is 20.3. The molecule has 57 heavy (non-hydrogen) atoms. The van der Waals surface area contributed by atoms with E-state index in [9.17, 15) is 5.11 Å². The summed E-state index contributed by atoms with van der Waals surface area (Å²) in [6, 6.07) is 35.4. The zero-order chi connectivity index (χ0) is 38.8. The number of phenolic OH excluding ortho intramolecular Hbond substituents is 1. The van der Waals surface area contributed by atoms with Gasteiger partial charge in [-0.05, 0) is 111 Å². The number of hydrogen-bond acceptors (Lipinski definition) is 8. The van der Waals surface area contributed by atoms with E-state index < -0.39 is 0 Å². The van der Waals surface area contributed by atoms with Gasteiger partial charge < -0.3 is 14.9 Å². The molecule has 1 aliphatic carbocycles. The van der Waals surface area contributed by atoms with E-state index in [0.29, 0.717) is 17.6 Å². The molecule has 1 N–H and O–H groups in total. The first-order valence-corrected chi connectivity index (χ1v) is 21.5. The summed E-state index contributed by atoms with van der Waals surface area (Å²) in [5.74, 6) is 3.57. The van der Waals surface area contributed by atoms with Gasteiger partial charge in [0.05, 0.1) is 5.71 Å². The second-order valence-electron chi connectivity index (χ2n) is 16.7. The van der Waals surface area contributed by atoms with Crippen LogP contribution in [0.3, 0.4) is 0 Å². The third kappa shape index (κ3) is 6.54. The standard InChI is InChI=1S/C48H51N7OS/c1-30-32(3)57-48-44(30)46(49-31(2)47-51-50-33(4)55(47)48)37-12-17-40(18-13-37)54-28-34(29-54)27-52-22-24-53(25-23-52)39-15-10-36(11-16-39)45-42(35-8-6-5-7-9-35)20-14-38-26-41(56)19-21-43(38)45/h5-13,15-19,21,26,31,34,42,45,56H,14,20,22-25,27-29H2,1-4H3/t31-,42+,45-/m0/s1. The quantitative estimate of drug-likeness (QED) is 0.175. The number of nitrogens with zero attached hydrogens (tertiary/aromatic N) is 7. The number of piperazine rings is 1. The lowest BCUT2D eigenvalue weighted by Crippen LogP contribution is -2.55. The van der Waals surface area contributed by atoms with Gasteiger partial charge >= 0.3 is 0 Å². The van der Waals surface area contributed by atoms with Crippen molar-refractivity contribution in [2.45, 2.75) is 58.4 Å². The summed E-state index contributed by atoms with van der Waals surface area (Å²) in [5.41, 5.74) is 12.7. The van der Waals surface area contributed by atoms with E-state index in [4.69, 9.17) is 4.99 Å². The van der Waals surface area contributed by atoms with Crippen LogP contribution in [-0.4, -0.2) is 76.3 Å². The Bertz CT molecular complexity index is 2440. The summed E-state index contributed by atoms with van der Waals surface area (Å²) in [7, 11) is 0. The molecule has 8 nitrogen and oxygen atoms in total. The number of aromatic nitrogens is 3. The van der Waals surface area contributed by atoms with Crippen molar-refractivity contribution in [2.75, 3.05) is 55.6 Å². The van der Waals surface area contributed by atoms with Gasteiger partial charge in [-0.1, -0.05) is 60.7 Å². The van der Waals surface area contributed by atoms with Gasteiger partial charge in [0, 0.05) is 85.0 Å². The molecule has 3 aliphatic heterocycles. The van der Waals surface area contributed by atoms with Crippen LogP contribution in [0.5, 0.6) is 5.75 Å². The van der Waals surface area contributed by atoms with E-state index in [2.05, 4.69) is 135 Å². The Morgan fingerprint density at radius 2 is 1.49 bits per heavy atom. The maximum atomic E-state index is 10.2. The number of rotatable bonds is 7. The van der Waals surface area contributed by atoms with Crippen molar-refractivity contribution in [1.29, 1.82) is 0 Å². The maximum absolute atomic E-state index is 10.2. The Balaban J connectivity index is 0.756. The first kappa shape index (κ1) is 36.1. The molecule has 4 aromatic carbocycles. The molecule has 10 rings (SSSR count). The van der Waals surface area contributed by atoms with Crippen molar-refractivity contribution in [3.8, 4) is 10.8 Å². The van der Waals surface area contributed by atoms with Gasteiger partial charge in [-0.2, -0.15) is 0 Å². The minimum absolute atomic E-state index is 0.0745. The number of fused-ring (bicyclic) bond motifs is 4. The Labute approximate surface area is 340 Å². The molecule has 5 heterocycles. The lowest BCUT2D eigenvalue weighted by Gasteiger charge is -2.45. The number of aliphatic imine (C=N–C) groups is 1. The van der Waals surface area contributed by atoms with Crippen molar-refractivity contribution in [3.05, 3.63) is 153 Å². The van der Waals surface area contributed by atoms with Crippen molar-refractivity contribution in [1.82, 2.24) is 19.7 Å². The second kappa shape index (κ2) is 14.6. The maximum Gasteiger partial charge on any atom is 0.162 e. The zero-order valence-corrected chi connectivity index (χ0v) is 34.2. The molecule has 4 aliphatic rings. The molecule has 0 radical (unpaired) electrons. The summed E-state index contributed by atoms with van der Waals surface area (Å²) in [6.45, 7) is 16.2. The van der Waals surface area contributed by atoms with Gasteiger partial charge in [0.25, 0.3) is 0 Å². The van der Waals surface area contributed by atoms with E-state index in [0.717, 1.165) is 81.6 Å². The lowest BCUT2D eigenvalue weighted by molar-refractivity contribution is 0.200. The van der Waals surface area contributed by atoms with Crippen LogP contribution >= 0.6 is 11.3 Å². The summed E-state index contributed by atoms with van der Waals surface area (Å²) >= 11 is 1.81. The second-order valence-corrected chi connectivity index (χ2v) is 17.9. The van der Waals surface area contributed by atoms with Crippen LogP contribution in [0.15, 0.2) is 102 Å². The van der Waals surface area contributed by atoms with Gasteiger partial charge in [-0.3, -0.25) is 14.5 Å². The highest BCUT2D eigenvalue weighted by atomic mass is 32.1. The molecule has 290 valence electrons. The fraction of sp³-hybridized carbons (Fsp3) is 0.354. The van der Waals surface area contributed by atoms with E-state index in [1.807, 2.05) is 30.4 Å². The van der Waals surface area contributed by atoms with E-state index in [1.54, 1.807) is 0 Å². The average molecular weight is 774 g/mol. The first-order chi connectivity index (χ1) is 27.8. The number of phenols is 1. The van der Waals surface area contributed by atoms with Crippen molar-refractivity contribution >= 4 is 28.4 Å². The molecule has 0 unspecified atom stereocenters. The first-order valence-electron chi connectivity index (χ1n) is 20.7. The Hall–Kier alpha value is -5.25. The van der Waals surface area contributed by atoms with Gasteiger partial charge in [0.1, 0.15) is 22.6 Å². The van der Waals surface area contributed by atoms with Crippen LogP contribution in [0.25, 0.3) is 5.00 Å². The molecule has 0 bridgehead atoms. The fourth-order valence-electron chi connectivity index (χ4n) is 9.93. The Morgan fingerprint density at radius 3 is 2.25 bits per heavy atom. The van der Waals surface area contributed by atoms with Crippen LogP contribution in [0.1, 0.15) is 86.7 Å². The van der Waals surface area contributed by atoms with Crippen LogP contribution < -0.4 is 9.80 Å². The number of aryl methyl sites for hydroxylation is 3. The fourth-order valence-corrected chi connectivity index (χ4v) is 11.1. The van der Waals surface area contributed by atoms with Crippen molar-refractivity contribution in [3.63, 3.8) is 0 Å². The largest absolute Gasteiger partial charge is 0.508 e. The SMILES string of the molecule is Cc1sc2c(c1C)C(c1ccc(N3CC(CN4CCN(c5ccc([C@@H]6c7ccc(O)cc7CC[C@@H]6c6ccccc6)cc5)CC4)C3)cc1)=N[C@@H](C)c1nnc(C)n1-2. The number of benzene rings is 4. The normalized spacial score (nSPS) is 21.0. The van der Waals surface area contributed by atoms with E-state index >= 15 is 0 Å². The molecule has 2 saturated heterocycles. The monoisotopic (exact) mass is 773 g/mol. The molecular weight excluding hydrogens is 723 g/mol. The van der Waals surface area contributed by atoms with E-state index in [1.165, 1.54) is 54.6 Å². The van der Waals surface area contributed by atoms with Crippen LogP contribution in [0, 0.1) is 26.7 Å². The smallest absolute Gasteiger partial charge is 0.162 e. The lowest BCUT2D eigenvalue weighted by atomic mass is 9.69. The Morgan fingerprint density at radius 1 is 0.772 bits per heavy atom. The highest BCUT2D eigenvalue weighted by Gasteiger charge is 2.34. The van der Waals surface area contributed by atoms with Crippen molar-refractivity contribution in [2.24, 2.45) is 10.9 Å². The number of aromatic hydroxyl groups is 1. The average Bonchev–Trinajstić information content (AvgIpc) is 3.71. The molecular formula is C48H51N7OS. The molecule has 6 aromatic rings. The number of anilines is 2. The molecule has 0 spiro atoms. The topological polar surface area (TPSA) is 73.0 Å². The van der Waals surface area contributed by atoms with Gasteiger partial charge in [-0.15, -0.1) is 21.5 Å². The summed E-state index contributed by atoms with van der Waals surface area (Å²) in [4.78, 5) is 14.3. The number of hydrogen-bond donors (Lipinski definition) is 1. The van der Waals surface area contributed by atoms with Gasteiger partial charge in [-0.25, -0.2) is 0 Å². The Kier molecular flexibility index (Phi) is 9.25. The molecule has 0 saturated carbocycles. The highest BCUT2D eigenvalue weighted by molar-refractivity contribution is 7.15. The predicted molar refractivity (Wildman–Crippen MR) is 232 cm³/mol. The highest BCUT2D eigenvalue weighted by Crippen LogP contribution is 2.47. The molecule has 3 atom stereocenters. The third-order valence-corrected chi connectivity index (χ3v) is 14.3. The van der Waals surface area contributed by atoms with Crippen LogP contribution in [0.2, 0.25) is 0 Å². The minimum Gasteiger partial charge on any atom is -0.508 e. The van der Waals surface area contributed by atoms with E-state index in [-0.39, 0.29) is 12.0 Å². The molecule has 2 aromatic heterocycles.